The molecule has 1 unspecified atom stereocenters. The van der Waals surface area contributed by atoms with E-state index in [4.69, 9.17) is 0 Å². The van der Waals surface area contributed by atoms with Crippen LogP contribution in [0.1, 0.15) is 24.8 Å². The molecule has 1 aliphatic rings. The highest BCUT2D eigenvalue weighted by Crippen LogP contribution is 2.24. The van der Waals surface area contributed by atoms with Crippen molar-refractivity contribution in [1.82, 2.24) is 10.3 Å². The molecule has 4 heteroatoms. The Balaban J connectivity index is 1.55. The van der Waals surface area contributed by atoms with E-state index in [0.717, 1.165) is 23.0 Å². The first-order valence-corrected chi connectivity index (χ1v) is 8.31. The van der Waals surface area contributed by atoms with Gasteiger partial charge in [-0.25, -0.2) is 0 Å². The Morgan fingerprint density at radius 1 is 1.35 bits per heavy atom. The molecule has 3 rings (SSSR count). The van der Waals surface area contributed by atoms with E-state index in [1.54, 1.807) is 0 Å². The number of nitrogens with one attached hydrogen (secondary N) is 2. The summed E-state index contributed by atoms with van der Waals surface area (Å²) in [6.45, 7) is 0.811. The predicted molar refractivity (Wildman–Crippen MR) is 85.1 cm³/mol. The van der Waals surface area contributed by atoms with Gasteiger partial charge in [-0.05, 0) is 30.2 Å². The number of hydrogen-bond acceptors (Lipinski definition) is 2. The Labute approximate surface area is 123 Å². The Morgan fingerprint density at radius 3 is 3.10 bits per heavy atom. The normalized spacial score (nSPS) is 19.1. The minimum Gasteiger partial charge on any atom is -0.361 e. The molecule has 1 aromatic heterocycles. The lowest BCUT2D eigenvalue weighted by Gasteiger charge is -2.21. The zero-order valence-corrected chi connectivity index (χ0v) is 12.3. The highest BCUT2D eigenvalue weighted by atomic mass is 32.2. The number of aromatic amines is 1. The number of aromatic nitrogens is 1. The summed E-state index contributed by atoms with van der Waals surface area (Å²) in [6.07, 6.45) is 6.26. The van der Waals surface area contributed by atoms with Gasteiger partial charge < -0.3 is 10.3 Å². The van der Waals surface area contributed by atoms with Crippen LogP contribution in [0.3, 0.4) is 0 Å². The van der Waals surface area contributed by atoms with Gasteiger partial charge in [-0.1, -0.05) is 24.6 Å². The third kappa shape index (κ3) is 3.18. The number of amides is 1. The third-order valence-electron chi connectivity index (χ3n) is 3.83. The molecule has 106 valence electrons. The number of thioether (sulfide) groups is 1. The molecule has 3 nitrogen and oxygen atoms in total. The molecule has 1 aliphatic heterocycles. The maximum atomic E-state index is 12.1. The summed E-state index contributed by atoms with van der Waals surface area (Å²) in [5.41, 5.74) is 2.17. The van der Waals surface area contributed by atoms with E-state index in [-0.39, 0.29) is 5.91 Å². The number of carbonyl (C=O) groups excluding carboxylic acids is 1. The van der Waals surface area contributed by atoms with Crippen molar-refractivity contribution in [2.45, 2.75) is 30.9 Å². The van der Waals surface area contributed by atoms with Gasteiger partial charge in [0.1, 0.15) is 0 Å². The molecular formula is C16H20N2OS. The summed E-state index contributed by atoms with van der Waals surface area (Å²) >= 11 is 1.99. The van der Waals surface area contributed by atoms with Crippen molar-refractivity contribution < 1.29 is 4.79 Å². The first kappa shape index (κ1) is 13.6. The third-order valence-corrected chi connectivity index (χ3v) is 5.22. The van der Waals surface area contributed by atoms with Crippen LogP contribution in [0.4, 0.5) is 0 Å². The second-order valence-corrected chi connectivity index (χ2v) is 6.74. The van der Waals surface area contributed by atoms with Gasteiger partial charge in [0.25, 0.3) is 0 Å². The van der Waals surface area contributed by atoms with Gasteiger partial charge in [0.05, 0.1) is 6.42 Å². The second-order valence-electron chi connectivity index (χ2n) is 5.33. The number of benzene rings is 1. The van der Waals surface area contributed by atoms with Crippen molar-refractivity contribution >= 4 is 28.6 Å². The van der Waals surface area contributed by atoms with Gasteiger partial charge in [0, 0.05) is 28.9 Å². The van der Waals surface area contributed by atoms with E-state index >= 15 is 0 Å². The number of carbonyl (C=O) groups is 1. The highest BCUT2D eigenvalue weighted by molar-refractivity contribution is 7.99. The van der Waals surface area contributed by atoms with Crippen LogP contribution in [-0.4, -0.2) is 28.4 Å². The topological polar surface area (TPSA) is 44.9 Å². The molecule has 0 saturated carbocycles. The van der Waals surface area contributed by atoms with Gasteiger partial charge in [0.2, 0.25) is 5.91 Å². The minimum absolute atomic E-state index is 0.126. The standard InChI is InChI=1S/C16H20N2OS/c19-16(18-11-13-5-3-4-8-20-13)9-12-10-17-15-7-2-1-6-14(12)15/h1-2,6-7,10,13,17H,3-5,8-9,11H2,(H,18,19). The van der Waals surface area contributed by atoms with E-state index in [1.807, 2.05) is 36.2 Å². The first-order chi connectivity index (χ1) is 9.83. The molecule has 0 aliphatic carbocycles. The molecule has 2 heterocycles. The van der Waals surface area contributed by atoms with Gasteiger partial charge in [-0.2, -0.15) is 11.8 Å². The molecular weight excluding hydrogens is 268 g/mol. The summed E-state index contributed by atoms with van der Waals surface area (Å²) in [5.74, 6) is 1.36. The molecule has 1 aromatic carbocycles. The molecule has 1 amide bonds. The van der Waals surface area contributed by atoms with E-state index in [2.05, 4.69) is 16.4 Å². The summed E-state index contributed by atoms with van der Waals surface area (Å²) < 4.78 is 0. The number of rotatable bonds is 4. The number of hydrogen-bond donors (Lipinski definition) is 2. The molecule has 2 aromatic rings. The Hall–Kier alpha value is -1.42. The summed E-state index contributed by atoms with van der Waals surface area (Å²) in [5, 5.41) is 4.84. The first-order valence-electron chi connectivity index (χ1n) is 7.26. The monoisotopic (exact) mass is 288 g/mol. The van der Waals surface area contributed by atoms with Crippen LogP contribution >= 0.6 is 11.8 Å². The maximum Gasteiger partial charge on any atom is 0.224 e. The lowest BCUT2D eigenvalue weighted by molar-refractivity contribution is -0.120. The van der Waals surface area contributed by atoms with E-state index in [9.17, 15) is 4.79 Å². The quantitative estimate of drug-likeness (QED) is 0.908. The molecule has 1 fully saturated rings. The Bertz CT molecular complexity index is 587. The van der Waals surface area contributed by atoms with Gasteiger partial charge in [0.15, 0.2) is 0 Å². The van der Waals surface area contributed by atoms with Gasteiger partial charge >= 0.3 is 0 Å². The zero-order chi connectivity index (χ0) is 13.8. The fourth-order valence-corrected chi connectivity index (χ4v) is 3.95. The lowest BCUT2D eigenvalue weighted by Crippen LogP contribution is -2.32. The molecule has 1 saturated heterocycles. The smallest absolute Gasteiger partial charge is 0.224 e. The SMILES string of the molecule is O=C(Cc1c[nH]c2ccccc12)NCC1CCCCS1. The molecule has 0 bridgehead atoms. The van der Waals surface area contributed by atoms with Crippen molar-refractivity contribution in [3.05, 3.63) is 36.0 Å². The Morgan fingerprint density at radius 2 is 2.25 bits per heavy atom. The number of para-hydroxylation sites is 1. The number of H-pyrrole nitrogens is 1. The molecule has 1 atom stereocenters. The molecule has 20 heavy (non-hydrogen) atoms. The maximum absolute atomic E-state index is 12.1. The van der Waals surface area contributed by atoms with Crippen molar-refractivity contribution in [3.63, 3.8) is 0 Å². The van der Waals surface area contributed by atoms with E-state index < -0.39 is 0 Å². The molecule has 2 N–H and O–H groups in total. The average Bonchev–Trinajstić information content (AvgIpc) is 2.90. The summed E-state index contributed by atoms with van der Waals surface area (Å²) in [4.78, 5) is 15.3. The zero-order valence-electron chi connectivity index (χ0n) is 11.5. The van der Waals surface area contributed by atoms with Crippen molar-refractivity contribution in [1.29, 1.82) is 0 Å². The molecule has 0 radical (unpaired) electrons. The minimum atomic E-state index is 0.126. The Kier molecular flexibility index (Phi) is 4.31. The van der Waals surface area contributed by atoms with Crippen molar-refractivity contribution in [2.75, 3.05) is 12.3 Å². The van der Waals surface area contributed by atoms with Crippen molar-refractivity contribution in [3.8, 4) is 0 Å². The fourth-order valence-electron chi connectivity index (χ4n) is 2.71. The average molecular weight is 288 g/mol. The van der Waals surface area contributed by atoms with Crippen LogP contribution in [0.15, 0.2) is 30.5 Å². The lowest BCUT2D eigenvalue weighted by atomic mass is 10.1. The molecule has 0 spiro atoms. The van der Waals surface area contributed by atoms with Crippen LogP contribution in [0.2, 0.25) is 0 Å². The van der Waals surface area contributed by atoms with Crippen LogP contribution in [-0.2, 0) is 11.2 Å². The summed E-state index contributed by atoms with van der Waals surface area (Å²) in [7, 11) is 0. The van der Waals surface area contributed by atoms with Crippen LogP contribution in [0.25, 0.3) is 10.9 Å². The predicted octanol–water partition coefficient (Wildman–Crippen LogP) is 3.11. The second kappa shape index (κ2) is 6.35. The van der Waals surface area contributed by atoms with Crippen LogP contribution in [0.5, 0.6) is 0 Å². The van der Waals surface area contributed by atoms with Gasteiger partial charge in [-0.3, -0.25) is 4.79 Å². The van der Waals surface area contributed by atoms with E-state index in [0.29, 0.717) is 11.7 Å². The largest absolute Gasteiger partial charge is 0.361 e. The van der Waals surface area contributed by atoms with E-state index in [1.165, 1.54) is 25.0 Å². The highest BCUT2D eigenvalue weighted by Gasteiger charge is 2.15. The van der Waals surface area contributed by atoms with Crippen molar-refractivity contribution in [2.24, 2.45) is 0 Å². The number of fused-ring (bicyclic) bond motifs is 1. The summed E-state index contributed by atoms with van der Waals surface area (Å²) in [6, 6.07) is 8.11. The van der Waals surface area contributed by atoms with Crippen LogP contribution in [0, 0.1) is 0 Å². The fraction of sp³-hybridized carbons (Fsp3) is 0.438. The van der Waals surface area contributed by atoms with Crippen LogP contribution < -0.4 is 5.32 Å². The van der Waals surface area contributed by atoms with Gasteiger partial charge in [-0.15, -0.1) is 0 Å².